The van der Waals surface area contributed by atoms with Crippen LogP contribution in [0.1, 0.15) is 13.3 Å². The van der Waals surface area contributed by atoms with E-state index in [1.165, 1.54) is 6.92 Å². The number of amides is 2. The van der Waals surface area contributed by atoms with Gasteiger partial charge in [0.15, 0.2) is 0 Å². The first kappa shape index (κ1) is 10.1. The number of rotatable bonds is 3. The van der Waals surface area contributed by atoms with Gasteiger partial charge in [0.05, 0.1) is 0 Å². The van der Waals surface area contributed by atoms with Crippen LogP contribution in [-0.4, -0.2) is 28.6 Å². The Morgan fingerprint density at radius 1 is 1.29 bits per heavy atom. The summed E-state index contributed by atoms with van der Waals surface area (Å²) in [4.78, 5) is 47.5. The van der Waals surface area contributed by atoms with Gasteiger partial charge in [-0.3, -0.25) is 14.4 Å². The van der Waals surface area contributed by atoms with Crippen LogP contribution in [0.15, 0.2) is 12.2 Å². The molecule has 0 spiro atoms. The van der Waals surface area contributed by atoms with Gasteiger partial charge in [0.1, 0.15) is 12.2 Å². The first-order chi connectivity index (χ1) is 6.50. The zero-order valence-electron chi connectivity index (χ0n) is 7.35. The number of hydrogen-bond acceptors (Lipinski definition) is 5. The largest absolute Gasteiger partial charge is 0.340 e. The number of Topliss-reactive ketones (excluding diaryl/α,β-unsaturated/α-hetero) is 1. The van der Waals surface area contributed by atoms with Crippen LogP contribution in [-0.2, 0) is 24.0 Å². The van der Waals surface area contributed by atoms with Crippen molar-refractivity contribution in [1.29, 1.82) is 0 Å². The Morgan fingerprint density at radius 3 is 2.21 bits per heavy atom. The molecule has 0 aromatic heterocycles. The second kappa shape index (κ2) is 3.82. The van der Waals surface area contributed by atoms with E-state index >= 15 is 0 Å². The van der Waals surface area contributed by atoms with Gasteiger partial charge < -0.3 is 4.84 Å². The van der Waals surface area contributed by atoms with Gasteiger partial charge in [0, 0.05) is 12.2 Å². The van der Waals surface area contributed by atoms with Gasteiger partial charge in [-0.2, -0.15) is 0 Å². The zero-order valence-corrected chi connectivity index (χ0v) is 7.35. The second-order valence-corrected chi connectivity index (χ2v) is 2.65. The molecular weight excluding hydrogens is 190 g/mol. The summed E-state index contributed by atoms with van der Waals surface area (Å²) in [6, 6.07) is 0. The Bertz CT molecular complexity index is 326. The maximum Gasteiger partial charge on any atom is 0.340 e. The van der Waals surface area contributed by atoms with E-state index in [0.29, 0.717) is 5.06 Å². The molecule has 0 radical (unpaired) electrons. The van der Waals surface area contributed by atoms with Crippen molar-refractivity contribution in [2.45, 2.75) is 13.3 Å². The van der Waals surface area contributed by atoms with Crippen molar-refractivity contribution in [3.63, 3.8) is 0 Å². The standard InChI is InChI=1S/C8H7NO5/c1-5(10)4-8(13)14-9-6(11)2-3-7(9)12/h2-3H,4H2,1H3. The Labute approximate surface area is 79.1 Å². The number of hydrogen-bond donors (Lipinski definition) is 0. The lowest BCUT2D eigenvalue weighted by atomic mass is 10.3. The maximum absolute atomic E-state index is 10.9. The van der Waals surface area contributed by atoms with E-state index in [4.69, 9.17) is 0 Å². The molecule has 0 atom stereocenters. The summed E-state index contributed by atoms with van der Waals surface area (Å²) < 4.78 is 0. The van der Waals surface area contributed by atoms with Crippen molar-refractivity contribution in [2.24, 2.45) is 0 Å². The lowest BCUT2D eigenvalue weighted by Crippen LogP contribution is -2.33. The molecule has 1 heterocycles. The van der Waals surface area contributed by atoms with E-state index in [1.54, 1.807) is 0 Å². The number of ketones is 1. The van der Waals surface area contributed by atoms with E-state index in [0.717, 1.165) is 12.2 Å². The topological polar surface area (TPSA) is 80.8 Å². The Hall–Kier alpha value is -1.98. The van der Waals surface area contributed by atoms with Gasteiger partial charge in [-0.25, -0.2) is 4.79 Å². The molecule has 0 bridgehead atoms. The minimum atomic E-state index is -0.928. The van der Waals surface area contributed by atoms with Crippen LogP contribution in [0.25, 0.3) is 0 Å². The number of nitrogens with zero attached hydrogens (tertiary/aromatic N) is 1. The Kier molecular flexibility index (Phi) is 2.76. The number of imide groups is 1. The van der Waals surface area contributed by atoms with E-state index < -0.39 is 30.0 Å². The average molecular weight is 197 g/mol. The third-order valence-corrected chi connectivity index (χ3v) is 1.36. The molecule has 0 saturated carbocycles. The molecule has 1 aliphatic heterocycles. The highest BCUT2D eigenvalue weighted by molar-refractivity contribution is 6.12. The van der Waals surface area contributed by atoms with Gasteiger partial charge in [-0.1, -0.05) is 5.06 Å². The van der Waals surface area contributed by atoms with E-state index in [1.807, 2.05) is 0 Å². The highest BCUT2D eigenvalue weighted by atomic mass is 16.7. The molecule has 14 heavy (non-hydrogen) atoms. The van der Waals surface area contributed by atoms with E-state index in [-0.39, 0.29) is 0 Å². The predicted molar refractivity (Wildman–Crippen MR) is 42.4 cm³/mol. The molecule has 0 N–H and O–H groups in total. The van der Waals surface area contributed by atoms with E-state index in [9.17, 15) is 19.2 Å². The molecule has 0 fully saturated rings. The smallest absolute Gasteiger partial charge is 0.329 e. The normalized spacial score (nSPS) is 14.8. The molecule has 0 aromatic carbocycles. The molecule has 1 rings (SSSR count). The molecule has 2 amide bonds. The molecule has 6 nitrogen and oxygen atoms in total. The van der Waals surface area contributed by atoms with Crippen LogP contribution in [0.3, 0.4) is 0 Å². The van der Waals surface area contributed by atoms with Gasteiger partial charge in [0.25, 0.3) is 11.8 Å². The summed E-state index contributed by atoms with van der Waals surface area (Å²) in [7, 11) is 0. The molecule has 0 saturated heterocycles. The first-order valence-corrected chi connectivity index (χ1v) is 3.77. The summed E-state index contributed by atoms with van der Waals surface area (Å²) in [6.07, 6.45) is 1.49. The van der Waals surface area contributed by atoms with Crippen LogP contribution < -0.4 is 0 Å². The second-order valence-electron chi connectivity index (χ2n) is 2.65. The van der Waals surface area contributed by atoms with Crippen LogP contribution >= 0.6 is 0 Å². The van der Waals surface area contributed by atoms with Crippen LogP contribution in [0.4, 0.5) is 0 Å². The fraction of sp³-hybridized carbons (Fsp3) is 0.250. The Balaban J connectivity index is 2.53. The summed E-state index contributed by atoms with van der Waals surface area (Å²) in [5.41, 5.74) is 0. The lowest BCUT2D eigenvalue weighted by Gasteiger charge is -2.11. The summed E-state index contributed by atoms with van der Waals surface area (Å²) >= 11 is 0. The molecular formula is C8H7NO5. The van der Waals surface area contributed by atoms with Crippen molar-refractivity contribution in [3.8, 4) is 0 Å². The van der Waals surface area contributed by atoms with Crippen molar-refractivity contribution in [2.75, 3.05) is 0 Å². The molecule has 0 aromatic rings. The fourth-order valence-electron chi connectivity index (χ4n) is 0.814. The molecule has 6 heteroatoms. The van der Waals surface area contributed by atoms with Crippen molar-refractivity contribution >= 4 is 23.6 Å². The minimum Gasteiger partial charge on any atom is -0.329 e. The highest BCUT2D eigenvalue weighted by Gasteiger charge is 2.27. The minimum absolute atomic E-state index is 0.311. The monoisotopic (exact) mass is 197 g/mol. The fourth-order valence-corrected chi connectivity index (χ4v) is 0.814. The summed E-state index contributed by atoms with van der Waals surface area (Å²) in [6.45, 7) is 1.20. The lowest BCUT2D eigenvalue weighted by molar-refractivity contribution is -0.196. The van der Waals surface area contributed by atoms with Crippen molar-refractivity contribution in [3.05, 3.63) is 12.2 Å². The predicted octanol–water partition coefficient (Wildman–Crippen LogP) is -0.651. The summed E-state index contributed by atoms with van der Waals surface area (Å²) in [5, 5.41) is 0.311. The number of carbonyl (C=O) groups excluding carboxylic acids is 4. The average Bonchev–Trinajstić information content (AvgIpc) is 2.34. The number of hydroxylamine groups is 2. The van der Waals surface area contributed by atoms with Crippen molar-refractivity contribution < 1.29 is 24.0 Å². The first-order valence-electron chi connectivity index (χ1n) is 3.77. The maximum atomic E-state index is 10.9. The van der Waals surface area contributed by atoms with Crippen molar-refractivity contribution in [1.82, 2.24) is 5.06 Å². The molecule has 0 unspecified atom stereocenters. The molecule has 0 aliphatic carbocycles. The van der Waals surface area contributed by atoms with Crippen LogP contribution in [0, 0.1) is 0 Å². The quantitative estimate of drug-likeness (QED) is 0.443. The third kappa shape index (κ3) is 2.25. The van der Waals surface area contributed by atoms with Gasteiger partial charge in [0.2, 0.25) is 0 Å². The zero-order chi connectivity index (χ0) is 10.7. The van der Waals surface area contributed by atoms with E-state index in [2.05, 4.69) is 4.84 Å². The van der Waals surface area contributed by atoms with Crippen LogP contribution in [0.5, 0.6) is 0 Å². The van der Waals surface area contributed by atoms with Gasteiger partial charge in [-0.15, -0.1) is 0 Å². The number of carbonyl (C=O) groups is 4. The van der Waals surface area contributed by atoms with Gasteiger partial charge in [-0.05, 0) is 6.92 Å². The molecule has 74 valence electrons. The van der Waals surface area contributed by atoms with Gasteiger partial charge >= 0.3 is 5.97 Å². The third-order valence-electron chi connectivity index (χ3n) is 1.36. The SMILES string of the molecule is CC(=O)CC(=O)ON1C(=O)C=CC1=O. The highest BCUT2D eigenvalue weighted by Crippen LogP contribution is 2.05. The summed E-state index contributed by atoms with van der Waals surface area (Å²) in [5.74, 6) is -2.79. The Morgan fingerprint density at radius 2 is 1.79 bits per heavy atom. The van der Waals surface area contributed by atoms with Crippen LogP contribution in [0.2, 0.25) is 0 Å². The molecule has 1 aliphatic rings.